The fourth-order valence-corrected chi connectivity index (χ4v) is 4.23. The molecule has 2 atom stereocenters. The van der Waals surface area contributed by atoms with E-state index in [2.05, 4.69) is 0 Å². The third-order valence-electron chi connectivity index (χ3n) is 4.51. The number of hydrogen-bond donors (Lipinski definition) is 2. The molecule has 2 heterocycles. The number of hydrogen-bond acceptors (Lipinski definition) is 14. The lowest BCUT2D eigenvalue weighted by Gasteiger charge is -2.14. The Balaban J connectivity index is 1.59. The number of rotatable bonds is 13. The largest absolute Gasteiger partial charge is 0.463 e. The molecule has 202 valence electrons. The van der Waals surface area contributed by atoms with Crippen molar-refractivity contribution in [1.82, 2.24) is 10.1 Å². The summed E-state index contributed by atoms with van der Waals surface area (Å²) in [6, 6.07) is 0. The minimum atomic E-state index is -4.79. The van der Waals surface area contributed by atoms with Gasteiger partial charge < -0.3 is 9.47 Å². The molecule has 0 aromatic heterocycles. The van der Waals surface area contributed by atoms with Crippen LogP contribution in [0.4, 0.5) is 0 Å². The summed E-state index contributed by atoms with van der Waals surface area (Å²) < 4.78 is 71.3. The third-order valence-corrected chi connectivity index (χ3v) is 6.68. The van der Waals surface area contributed by atoms with Gasteiger partial charge in [-0.25, -0.2) is 0 Å². The number of nitrogens with zero attached hydrogens (tertiary/aromatic N) is 2. The van der Waals surface area contributed by atoms with Crippen LogP contribution < -0.4 is 0 Å². The van der Waals surface area contributed by atoms with Gasteiger partial charge in [0.1, 0.15) is 26.4 Å². The van der Waals surface area contributed by atoms with Gasteiger partial charge in [0.05, 0.1) is 25.7 Å². The van der Waals surface area contributed by atoms with Gasteiger partial charge in [0.25, 0.3) is 43.9 Å². The molecule has 2 N–H and O–H groups in total. The molecule has 4 amide bonds. The number of ether oxygens (including phenoxy) is 2. The minimum Gasteiger partial charge on any atom is -0.463 e. The Morgan fingerprint density at radius 3 is 1.31 bits per heavy atom. The predicted molar refractivity (Wildman–Crippen MR) is 107 cm³/mol. The van der Waals surface area contributed by atoms with Gasteiger partial charge in [-0.05, 0) is 0 Å². The zero-order chi connectivity index (χ0) is 27.3. The van der Waals surface area contributed by atoms with Crippen LogP contribution >= 0.6 is 0 Å². The molecule has 2 saturated heterocycles. The summed E-state index contributed by atoms with van der Waals surface area (Å²) in [6.45, 7) is -1.99. The lowest BCUT2D eigenvalue weighted by Crippen LogP contribution is -2.36. The van der Waals surface area contributed by atoms with Crippen LogP contribution in [0.2, 0.25) is 0 Å². The summed E-state index contributed by atoms with van der Waals surface area (Å²) in [5.74, 6) is -6.42. The third kappa shape index (κ3) is 7.73. The van der Waals surface area contributed by atoms with Crippen molar-refractivity contribution in [3.63, 3.8) is 0 Å². The van der Waals surface area contributed by atoms with Crippen molar-refractivity contribution in [2.24, 2.45) is 0 Å². The Morgan fingerprint density at radius 1 is 0.694 bits per heavy atom. The standard InChI is InChI=1S/C16H20N2O16S2/c19-11-7-9(35(25,26)27)15(23)17(11)33-5-3-31-13(21)1-2-14(22)32-4-6-34-18-12(20)8-10(16(18)24)36(28,29)30/h9-10H,1-8H2,(H,25,26,27)(H,28,29,30). The number of carbonyl (C=O) groups is 6. The SMILES string of the molecule is O=C(CCC(=O)OCCON1C(=O)CC(S(=O)(=O)O)C1=O)OCCON1C(=O)CC(S(=O)(=O)O)C1=O. The molecule has 2 aliphatic heterocycles. The highest BCUT2D eigenvalue weighted by Crippen LogP contribution is 2.20. The van der Waals surface area contributed by atoms with Crippen LogP contribution in [0.5, 0.6) is 0 Å². The van der Waals surface area contributed by atoms with Gasteiger partial charge in [0.15, 0.2) is 10.5 Å². The highest BCUT2D eigenvalue weighted by Gasteiger charge is 2.48. The molecule has 0 radical (unpaired) electrons. The second kappa shape index (κ2) is 11.8. The van der Waals surface area contributed by atoms with Crippen LogP contribution in [0, 0.1) is 0 Å². The molecule has 36 heavy (non-hydrogen) atoms. The van der Waals surface area contributed by atoms with Crippen LogP contribution in [0.1, 0.15) is 25.7 Å². The lowest BCUT2D eigenvalue weighted by molar-refractivity contribution is -0.193. The van der Waals surface area contributed by atoms with Crippen molar-refractivity contribution < 1.29 is 73.9 Å². The molecule has 0 aromatic carbocycles. The maximum Gasteiger partial charge on any atom is 0.306 e. The number of carbonyl (C=O) groups excluding carboxylic acids is 6. The van der Waals surface area contributed by atoms with Crippen LogP contribution in [0.3, 0.4) is 0 Å². The van der Waals surface area contributed by atoms with E-state index < -0.39 is 118 Å². The Hall–Kier alpha value is -3.04. The van der Waals surface area contributed by atoms with Crippen molar-refractivity contribution in [3.8, 4) is 0 Å². The summed E-state index contributed by atoms with van der Waals surface area (Å²) in [7, 11) is -9.59. The molecular weight excluding hydrogens is 540 g/mol. The van der Waals surface area contributed by atoms with E-state index in [0.717, 1.165) is 0 Å². The van der Waals surface area contributed by atoms with Gasteiger partial charge in [-0.15, -0.1) is 0 Å². The van der Waals surface area contributed by atoms with Crippen LogP contribution in [-0.4, -0.2) is 109 Å². The van der Waals surface area contributed by atoms with Crippen LogP contribution in [-0.2, 0) is 68.2 Å². The summed E-state index contributed by atoms with van der Waals surface area (Å²) in [4.78, 5) is 79.4. The average Bonchev–Trinajstić information content (AvgIpc) is 3.22. The van der Waals surface area contributed by atoms with Crippen molar-refractivity contribution in [3.05, 3.63) is 0 Å². The van der Waals surface area contributed by atoms with Gasteiger partial charge in [-0.1, -0.05) is 0 Å². The van der Waals surface area contributed by atoms with E-state index in [9.17, 15) is 45.6 Å². The summed E-state index contributed by atoms with van der Waals surface area (Å²) in [5.41, 5.74) is 0. The van der Waals surface area contributed by atoms with Crippen molar-refractivity contribution in [2.45, 2.75) is 36.2 Å². The predicted octanol–water partition coefficient (Wildman–Crippen LogP) is -3.25. The topological polar surface area (TPSA) is 255 Å². The quantitative estimate of drug-likeness (QED) is 0.0970. The smallest absolute Gasteiger partial charge is 0.306 e. The molecule has 0 spiro atoms. The van der Waals surface area contributed by atoms with E-state index in [0.29, 0.717) is 0 Å². The first-order valence-corrected chi connectivity index (χ1v) is 12.9. The normalized spacial score (nSPS) is 20.8. The molecule has 2 aliphatic rings. The zero-order valence-electron chi connectivity index (χ0n) is 18.1. The molecule has 0 bridgehead atoms. The van der Waals surface area contributed by atoms with Gasteiger partial charge in [-0.2, -0.15) is 27.0 Å². The average molecular weight is 560 g/mol. The maximum atomic E-state index is 11.7. The number of esters is 2. The zero-order valence-corrected chi connectivity index (χ0v) is 19.8. The van der Waals surface area contributed by atoms with Gasteiger partial charge in [0.2, 0.25) is 0 Å². The Labute approximate surface area is 202 Å². The van der Waals surface area contributed by atoms with Crippen LogP contribution in [0.15, 0.2) is 0 Å². The van der Waals surface area contributed by atoms with Crippen LogP contribution in [0.25, 0.3) is 0 Å². The van der Waals surface area contributed by atoms with E-state index in [1.165, 1.54) is 0 Å². The molecular formula is C16H20N2O16S2. The molecule has 18 nitrogen and oxygen atoms in total. The summed E-state index contributed by atoms with van der Waals surface area (Å²) in [5, 5.41) is -3.68. The fourth-order valence-electron chi connectivity index (χ4n) is 2.82. The van der Waals surface area contributed by atoms with E-state index >= 15 is 0 Å². The second-order valence-electron chi connectivity index (χ2n) is 7.08. The van der Waals surface area contributed by atoms with Crippen molar-refractivity contribution >= 4 is 55.8 Å². The first kappa shape index (κ1) is 29.2. The van der Waals surface area contributed by atoms with Crippen molar-refractivity contribution in [2.75, 3.05) is 26.4 Å². The maximum absolute atomic E-state index is 11.7. The molecule has 0 saturated carbocycles. The van der Waals surface area contributed by atoms with E-state index in [-0.39, 0.29) is 10.1 Å². The van der Waals surface area contributed by atoms with E-state index in [1.54, 1.807) is 0 Å². The number of hydroxylamine groups is 4. The van der Waals surface area contributed by atoms with E-state index in [4.69, 9.17) is 28.3 Å². The molecule has 0 aliphatic carbocycles. The molecule has 20 heteroatoms. The fraction of sp³-hybridized carbons (Fsp3) is 0.625. The first-order valence-electron chi connectivity index (χ1n) is 9.86. The molecule has 2 unspecified atom stereocenters. The minimum absolute atomic E-state index is 0.137. The van der Waals surface area contributed by atoms with Gasteiger partial charge >= 0.3 is 11.9 Å². The van der Waals surface area contributed by atoms with Crippen molar-refractivity contribution in [1.29, 1.82) is 0 Å². The monoisotopic (exact) mass is 560 g/mol. The number of imide groups is 2. The Kier molecular flexibility index (Phi) is 9.57. The molecule has 0 aromatic rings. The molecule has 2 fully saturated rings. The highest BCUT2D eigenvalue weighted by atomic mass is 32.2. The second-order valence-corrected chi connectivity index (χ2v) is 10.3. The number of amides is 4. The Bertz CT molecular complexity index is 1060. The lowest BCUT2D eigenvalue weighted by atomic mass is 10.3. The Morgan fingerprint density at radius 2 is 1.03 bits per heavy atom. The first-order chi connectivity index (χ1) is 16.6. The summed E-state index contributed by atoms with van der Waals surface area (Å²) >= 11 is 0. The van der Waals surface area contributed by atoms with Gasteiger partial charge in [0, 0.05) is 0 Å². The molecule has 2 rings (SSSR count). The summed E-state index contributed by atoms with van der Waals surface area (Å²) in [6.07, 6.45) is -2.52. The van der Waals surface area contributed by atoms with Gasteiger partial charge in [-0.3, -0.25) is 47.5 Å². The highest BCUT2D eigenvalue weighted by molar-refractivity contribution is 7.87. The van der Waals surface area contributed by atoms with E-state index in [1.807, 2.05) is 0 Å².